The van der Waals surface area contributed by atoms with Crippen molar-refractivity contribution in [2.45, 2.75) is 39.0 Å². The lowest BCUT2D eigenvalue weighted by molar-refractivity contribution is 0.0697. The third kappa shape index (κ3) is 3.12. The molecule has 26 heavy (non-hydrogen) atoms. The quantitative estimate of drug-likeness (QED) is 0.841. The molecule has 0 bridgehead atoms. The normalized spacial score (nSPS) is 17.6. The summed E-state index contributed by atoms with van der Waals surface area (Å²) >= 11 is 1.94. The molecule has 0 spiro atoms. The van der Waals surface area contributed by atoms with Crippen molar-refractivity contribution < 1.29 is 9.90 Å². The number of piperidine rings is 1. The van der Waals surface area contributed by atoms with Crippen LogP contribution in [0.1, 0.15) is 56.6 Å². The molecule has 2 aliphatic rings. The zero-order chi connectivity index (χ0) is 18.3. The highest BCUT2D eigenvalue weighted by Gasteiger charge is 2.25. The number of rotatable bonds is 2. The third-order valence-corrected chi connectivity index (χ3v) is 7.01. The van der Waals surface area contributed by atoms with Crippen LogP contribution in [0, 0.1) is 0 Å². The highest BCUT2D eigenvalue weighted by Crippen LogP contribution is 2.42. The van der Waals surface area contributed by atoms with Gasteiger partial charge in [-0.3, -0.25) is 0 Å². The van der Waals surface area contributed by atoms with Gasteiger partial charge in [-0.2, -0.15) is 0 Å². The van der Waals surface area contributed by atoms with E-state index in [1.807, 2.05) is 23.5 Å². The first-order chi connectivity index (χ1) is 12.6. The Kier molecular flexibility index (Phi) is 4.72. The number of hydrogen-bond acceptors (Lipinski definition) is 3. The van der Waals surface area contributed by atoms with E-state index in [1.165, 1.54) is 32.0 Å². The Morgan fingerprint density at radius 3 is 2.58 bits per heavy atom. The van der Waals surface area contributed by atoms with E-state index < -0.39 is 5.97 Å². The summed E-state index contributed by atoms with van der Waals surface area (Å²) in [6.07, 6.45) is 5.24. The molecule has 4 heteroatoms. The number of benzene rings is 1. The summed E-state index contributed by atoms with van der Waals surface area (Å²) in [4.78, 5) is 16.8. The van der Waals surface area contributed by atoms with Crippen LogP contribution in [0.15, 0.2) is 29.8 Å². The Labute approximate surface area is 159 Å². The number of carboxylic acid groups (broad SMARTS) is 1. The topological polar surface area (TPSA) is 40.5 Å². The summed E-state index contributed by atoms with van der Waals surface area (Å²) < 4.78 is 0. The van der Waals surface area contributed by atoms with E-state index in [0.29, 0.717) is 5.56 Å². The Balaban J connectivity index is 1.94. The number of carbonyl (C=O) groups is 1. The van der Waals surface area contributed by atoms with E-state index >= 15 is 0 Å². The molecule has 4 rings (SSSR count). The van der Waals surface area contributed by atoms with E-state index in [0.717, 1.165) is 50.8 Å². The molecule has 136 valence electrons. The van der Waals surface area contributed by atoms with Crippen LogP contribution in [0.3, 0.4) is 0 Å². The fraction of sp³-hybridized carbons (Fsp3) is 0.409. The average molecular weight is 368 g/mol. The molecular weight excluding hydrogens is 342 g/mol. The monoisotopic (exact) mass is 367 g/mol. The maximum absolute atomic E-state index is 11.6. The first kappa shape index (κ1) is 17.5. The number of aryl methyl sites for hydroxylation is 3. The number of nitrogens with zero attached hydrogens (tertiary/aromatic N) is 1. The van der Waals surface area contributed by atoms with Crippen molar-refractivity contribution in [2.75, 3.05) is 20.1 Å². The lowest BCUT2D eigenvalue weighted by atomic mass is 9.86. The van der Waals surface area contributed by atoms with Gasteiger partial charge in [0.1, 0.15) is 0 Å². The van der Waals surface area contributed by atoms with Crippen molar-refractivity contribution in [1.82, 2.24) is 4.90 Å². The van der Waals surface area contributed by atoms with Crippen LogP contribution < -0.4 is 0 Å². The SMILES string of the molecule is CCc1cc2c(s1)CCc1ccc(C(=O)O)cc1C2=C1CCN(C)CC1. The van der Waals surface area contributed by atoms with Crippen LogP contribution >= 0.6 is 11.3 Å². The molecule has 0 saturated carbocycles. The van der Waals surface area contributed by atoms with Crippen molar-refractivity contribution in [2.24, 2.45) is 0 Å². The van der Waals surface area contributed by atoms with Crippen molar-refractivity contribution in [3.05, 3.63) is 61.8 Å². The molecule has 0 unspecified atom stereocenters. The number of aromatic carboxylic acids is 1. The minimum Gasteiger partial charge on any atom is -0.478 e. The Morgan fingerprint density at radius 1 is 1.12 bits per heavy atom. The number of hydrogen-bond donors (Lipinski definition) is 1. The number of carboxylic acids is 1. The summed E-state index contributed by atoms with van der Waals surface area (Å²) in [5, 5.41) is 9.50. The van der Waals surface area contributed by atoms with E-state index in [1.54, 1.807) is 6.07 Å². The second kappa shape index (κ2) is 7.01. The Hall–Kier alpha value is -1.91. The van der Waals surface area contributed by atoms with Gasteiger partial charge in [0.25, 0.3) is 0 Å². The van der Waals surface area contributed by atoms with Crippen molar-refractivity contribution in [3.8, 4) is 0 Å². The molecular formula is C22H25NO2S. The molecule has 1 aromatic carbocycles. The van der Waals surface area contributed by atoms with Gasteiger partial charge in [-0.25, -0.2) is 4.79 Å². The summed E-state index contributed by atoms with van der Waals surface area (Å²) in [5.74, 6) is -0.843. The van der Waals surface area contributed by atoms with Crippen LogP contribution in [0.5, 0.6) is 0 Å². The van der Waals surface area contributed by atoms with Crippen LogP contribution in [0.25, 0.3) is 5.57 Å². The van der Waals surface area contributed by atoms with Crippen LogP contribution in [-0.4, -0.2) is 36.1 Å². The number of likely N-dealkylation sites (tertiary alicyclic amines) is 1. The summed E-state index contributed by atoms with van der Waals surface area (Å²) in [6.45, 7) is 4.36. The van der Waals surface area contributed by atoms with Gasteiger partial charge in [0, 0.05) is 22.8 Å². The zero-order valence-electron chi connectivity index (χ0n) is 15.5. The molecule has 1 aromatic heterocycles. The van der Waals surface area contributed by atoms with Gasteiger partial charge in [0.2, 0.25) is 0 Å². The summed E-state index contributed by atoms with van der Waals surface area (Å²) in [7, 11) is 2.18. The standard InChI is InChI=1S/C22H25NO2S/c1-3-17-13-19-20(26-17)7-6-14-4-5-16(22(24)25)12-18(14)21(19)15-8-10-23(2)11-9-15/h4-5,12-13H,3,6-11H2,1-2H3,(H,24,25). The fourth-order valence-corrected chi connectivity index (χ4v) is 5.24. The van der Waals surface area contributed by atoms with Gasteiger partial charge in [0.05, 0.1) is 5.56 Å². The van der Waals surface area contributed by atoms with E-state index in [2.05, 4.69) is 24.9 Å². The molecule has 2 aromatic rings. The minimum atomic E-state index is -0.843. The van der Waals surface area contributed by atoms with Crippen LogP contribution in [-0.2, 0) is 19.3 Å². The molecule has 1 saturated heterocycles. The largest absolute Gasteiger partial charge is 0.478 e. The predicted octanol–water partition coefficient (Wildman–Crippen LogP) is 4.63. The van der Waals surface area contributed by atoms with Gasteiger partial charge >= 0.3 is 5.97 Å². The smallest absolute Gasteiger partial charge is 0.335 e. The molecule has 1 aliphatic heterocycles. The highest BCUT2D eigenvalue weighted by molar-refractivity contribution is 7.12. The summed E-state index contributed by atoms with van der Waals surface area (Å²) in [6, 6.07) is 8.07. The average Bonchev–Trinajstić information content (AvgIpc) is 2.99. The first-order valence-corrected chi connectivity index (χ1v) is 10.3. The van der Waals surface area contributed by atoms with Crippen molar-refractivity contribution in [1.29, 1.82) is 0 Å². The van der Waals surface area contributed by atoms with Crippen LogP contribution in [0.4, 0.5) is 0 Å². The lowest BCUT2D eigenvalue weighted by Crippen LogP contribution is -2.27. The molecule has 2 heterocycles. The van der Waals surface area contributed by atoms with Gasteiger partial charge in [0.15, 0.2) is 0 Å². The maximum atomic E-state index is 11.6. The molecule has 3 nitrogen and oxygen atoms in total. The first-order valence-electron chi connectivity index (χ1n) is 9.46. The summed E-state index contributed by atoms with van der Waals surface area (Å²) in [5.41, 5.74) is 7.04. The third-order valence-electron chi connectivity index (χ3n) is 5.67. The van der Waals surface area contributed by atoms with Crippen LogP contribution in [0.2, 0.25) is 0 Å². The van der Waals surface area contributed by atoms with Gasteiger partial charge in [-0.1, -0.05) is 18.6 Å². The van der Waals surface area contributed by atoms with Gasteiger partial charge in [-0.15, -0.1) is 11.3 Å². The van der Waals surface area contributed by atoms with Crippen molar-refractivity contribution >= 4 is 22.9 Å². The second-order valence-corrected chi connectivity index (χ2v) is 8.58. The van der Waals surface area contributed by atoms with Gasteiger partial charge < -0.3 is 10.0 Å². The lowest BCUT2D eigenvalue weighted by Gasteiger charge is -2.27. The predicted molar refractivity (Wildman–Crippen MR) is 107 cm³/mol. The molecule has 1 N–H and O–H groups in total. The molecule has 1 aliphatic carbocycles. The fourth-order valence-electron chi connectivity index (χ4n) is 4.13. The molecule has 0 radical (unpaired) electrons. The van der Waals surface area contributed by atoms with E-state index in [9.17, 15) is 9.90 Å². The van der Waals surface area contributed by atoms with E-state index in [-0.39, 0.29) is 0 Å². The van der Waals surface area contributed by atoms with Crippen molar-refractivity contribution in [3.63, 3.8) is 0 Å². The van der Waals surface area contributed by atoms with Gasteiger partial charge in [-0.05, 0) is 79.6 Å². The highest BCUT2D eigenvalue weighted by atomic mass is 32.1. The number of thiophene rings is 1. The molecule has 0 atom stereocenters. The zero-order valence-corrected chi connectivity index (χ0v) is 16.3. The maximum Gasteiger partial charge on any atom is 0.335 e. The Morgan fingerprint density at radius 2 is 1.88 bits per heavy atom. The van der Waals surface area contributed by atoms with E-state index in [4.69, 9.17) is 0 Å². The Bertz CT molecular complexity index is 884. The number of fused-ring (bicyclic) bond motifs is 2. The second-order valence-electron chi connectivity index (χ2n) is 7.36. The molecule has 0 amide bonds. The molecule has 1 fully saturated rings. The minimum absolute atomic E-state index is 0.393.